The molecule has 0 fully saturated rings. The van der Waals surface area contributed by atoms with Crippen LogP contribution in [-0.2, 0) is 6.54 Å². The van der Waals surface area contributed by atoms with Crippen molar-refractivity contribution in [3.63, 3.8) is 0 Å². The number of fused-ring (bicyclic) bond motifs is 4. The maximum atomic E-state index is 6.74. The fourth-order valence-electron chi connectivity index (χ4n) is 3.08. The molecule has 0 atom stereocenters. The third-order valence-corrected chi connectivity index (χ3v) is 4.69. The maximum absolute atomic E-state index is 6.74. The van der Waals surface area contributed by atoms with Crippen LogP contribution in [-0.4, -0.2) is 29.3 Å². The first kappa shape index (κ1) is 14.2. The minimum atomic E-state index is 0.632. The van der Waals surface area contributed by atoms with Crippen molar-refractivity contribution in [3.05, 3.63) is 41.1 Å². The van der Waals surface area contributed by atoms with Crippen LogP contribution in [0.4, 0.5) is 0 Å². The quantitative estimate of drug-likeness (QED) is 0.514. The van der Waals surface area contributed by atoms with Crippen molar-refractivity contribution < 1.29 is 0 Å². The molecule has 0 amide bonds. The van der Waals surface area contributed by atoms with Gasteiger partial charge in [-0.2, -0.15) is 0 Å². The van der Waals surface area contributed by atoms with Gasteiger partial charge in [0.25, 0.3) is 0 Å². The van der Waals surface area contributed by atoms with Crippen molar-refractivity contribution in [2.24, 2.45) is 0 Å². The molecule has 22 heavy (non-hydrogen) atoms. The van der Waals surface area contributed by atoms with Crippen molar-refractivity contribution in [2.75, 3.05) is 5.88 Å². The summed E-state index contributed by atoms with van der Waals surface area (Å²) in [5, 5.41) is 2.90. The van der Waals surface area contributed by atoms with Crippen LogP contribution in [0, 0.1) is 0 Å². The Morgan fingerprint density at radius 2 is 2.09 bits per heavy atom. The third kappa shape index (κ3) is 2.09. The number of hydrogen-bond donors (Lipinski definition) is 0. The molecule has 4 aromatic heterocycles. The van der Waals surface area contributed by atoms with Gasteiger partial charge in [0.1, 0.15) is 0 Å². The van der Waals surface area contributed by atoms with Crippen molar-refractivity contribution in [1.82, 2.24) is 9.55 Å². The molecule has 0 saturated heterocycles. The molecule has 0 aliphatic rings. The average molecular weight is 325 g/mol. The molecule has 0 unspecified atom stereocenters. The Kier molecular flexibility index (Phi) is 3.67. The molecule has 0 saturated carbocycles. The summed E-state index contributed by atoms with van der Waals surface area (Å²) in [4.78, 5) is 4.86. The molecule has 0 radical (unpaired) electrons. The van der Waals surface area contributed by atoms with E-state index in [0.717, 1.165) is 50.7 Å². The number of pyridine rings is 1. The van der Waals surface area contributed by atoms with E-state index in [1.165, 1.54) is 0 Å². The molecule has 0 aromatic carbocycles. The van der Waals surface area contributed by atoms with Crippen LogP contribution in [0.25, 0.3) is 32.7 Å². The van der Waals surface area contributed by atoms with Crippen LogP contribution in [0.1, 0.15) is 6.42 Å². The number of aromatic nitrogens is 2. The van der Waals surface area contributed by atoms with Crippen LogP contribution in [0.3, 0.4) is 0 Å². The summed E-state index contributed by atoms with van der Waals surface area (Å²) in [6.07, 6.45) is 0.901. The van der Waals surface area contributed by atoms with Crippen molar-refractivity contribution in [3.8, 4) is 0 Å². The summed E-state index contributed by atoms with van der Waals surface area (Å²) in [6.45, 7) is 4.95. The predicted molar refractivity (Wildman–Crippen MR) is 97.8 cm³/mol. The Hall–Kier alpha value is -1.38. The first-order valence-corrected chi connectivity index (χ1v) is 8.23. The van der Waals surface area contributed by atoms with Crippen LogP contribution < -0.4 is 0 Å². The monoisotopic (exact) mass is 324 g/mol. The number of hydrogen-bond acceptors (Lipinski definition) is 1. The second-order valence-electron chi connectivity index (χ2n) is 5.35. The van der Waals surface area contributed by atoms with Gasteiger partial charge < -0.3 is 0 Å². The molecule has 0 aliphatic heterocycles. The number of alkyl halides is 1. The molecule has 6 heteroatoms. The Bertz CT molecular complexity index is 998. The zero-order chi connectivity index (χ0) is 15.1. The molecular weight excluding hydrogens is 313 g/mol. The van der Waals surface area contributed by atoms with Crippen molar-refractivity contribution >= 4 is 69.8 Å². The number of aryl methyl sites for hydroxylation is 1. The minimum absolute atomic E-state index is 0.632. The standard InChI is InChI=1S/C16H12B2Cl2N2/c19-7-2-8-22-15-13(20)10-4-6-17-9-12(10)21-14(15)11-3-1-5-18-16(11)22/h1,3-6,9H,2,7-8H2. The van der Waals surface area contributed by atoms with E-state index in [9.17, 15) is 0 Å². The fourth-order valence-corrected chi connectivity index (χ4v) is 3.55. The fraction of sp³-hybridized carbons (Fsp3) is 0.188. The van der Waals surface area contributed by atoms with Crippen molar-refractivity contribution in [2.45, 2.75) is 13.0 Å². The summed E-state index contributed by atoms with van der Waals surface area (Å²) >= 11 is 12.6. The van der Waals surface area contributed by atoms with E-state index in [0.29, 0.717) is 5.88 Å². The van der Waals surface area contributed by atoms with E-state index in [4.69, 9.17) is 28.2 Å². The Morgan fingerprint density at radius 1 is 1.18 bits per heavy atom. The first-order chi connectivity index (χ1) is 10.8. The van der Waals surface area contributed by atoms with E-state index < -0.39 is 0 Å². The molecule has 4 aromatic rings. The number of nitrogens with zero attached hydrogens (tertiary/aromatic N) is 2. The molecule has 106 valence electrons. The predicted octanol–water partition coefficient (Wildman–Crippen LogP) is 4.30. The first-order valence-electron chi connectivity index (χ1n) is 7.32. The van der Waals surface area contributed by atoms with Crippen LogP contribution in [0.5, 0.6) is 0 Å². The number of halogens is 2. The van der Waals surface area contributed by atoms with Crippen molar-refractivity contribution in [1.29, 1.82) is 0 Å². The molecule has 2 nitrogen and oxygen atoms in total. The van der Waals surface area contributed by atoms with Gasteiger partial charge in [-0.1, -0.05) is 0 Å². The molecule has 0 aliphatic carbocycles. The van der Waals surface area contributed by atoms with Gasteiger partial charge >= 0.3 is 139 Å². The second kappa shape index (κ2) is 5.68. The van der Waals surface area contributed by atoms with Gasteiger partial charge in [-0.25, -0.2) is 0 Å². The molecule has 4 rings (SSSR count). The van der Waals surface area contributed by atoms with Crippen LogP contribution in [0.2, 0.25) is 5.02 Å². The van der Waals surface area contributed by atoms with Gasteiger partial charge in [-0.15, -0.1) is 0 Å². The molecule has 0 bridgehead atoms. The van der Waals surface area contributed by atoms with Gasteiger partial charge in [0.15, 0.2) is 0 Å². The normalized spacial score (nSPS) is 11.4. The Morgan fingerprint density at radius 3 is 2.95 bits per heavy atom. The van der Waals surface area contributed by atoms with E-state index in [1.807, 2.05) is 36.9 Å². The third-order valence-electron chi connectivity index (χ3n) is 4.04. The van der Waals surface area contributed by atoms with Crippen LogP contribution >= 0.6 is 23.2 Å². The molecule has 0 spiro atoms. The SMILES string of the molecule is ClCCCn1c2bcccc2c2nc3cbccc3c(Cl)c21. The second-order valence-corrected chi connectivity index (χ2v) is 6.11. The van der Waals surface area contributed by atoms with Gasteiger partial charge in [0.05, 0.1) is 0 Å². The van der Waals surface area contributed by atoms with E-state index in [2.05, 4.69) is 17.5 Å². The Balaban J connectivity index is 2.19. The summed E-state index contributed by atoms with van der Waals surface area (Å²) in [6, 6.07) is 6.17. The molecular formula is C16H12B2Cl2N2. The van der Waals surface area contributed by atoms with Crippen LogP contribution in [0.15, 0.2) is 36.1 Å². The topological polar surface area (TPSA) is 17.8 Å². The van der Waals surface area contributed by atoms with E-state index in [1.54, 1.807) is 0 Å². The van der Waals surface area contributed by atoms with E-state index >= 15 is 0 Å². The summed E-state index contributed by atoms with van der Waals surface area (Å²) < 4.78 is 2.24. The zero-order valence-electron chi connectivity index (χ0n) is 11.9. The number of rotatable bonds is 3. The average Bonchev–Trinajstić information content (AvgIpc) is 2.87. The summed E-state index contributed by atoms with van der Waals surface area (Å²) in [5.41, 5.74) is 4.06. The summed E-state index contributed by atoms with van der Waals surface area (Å²) in [5.74, 6) is 6.68. The zero-order valence-corrected chi connectivity index (χ0v) is 13.4. The molecule has 0 N–H and O–H groups in total. The summed E-state index contributed by atoms with van der Waals surface area (Å²) in [7, 11) is 0. The Labute approximate surface area is 139 Å². The van der Waals surface area contributed by atoms with Gasteiger partial charge in [0, 0.05) is 0 Å². The van der Waals surface area contributed by atoms with E-state index in [-0.39, 0.29) is 0 Å². The van der Waals surface area contributed by atoms with Gasteiger partial charge in [0.2, 0.25) is 0 Å². The van der Waals surface area contributed by atoms with Gasteiger partial charge in [-0.3, -0.25) is 0 Å². The molecule has 4 heterocycles. The van der Waals surface area contributed by atoms with Gasteiger partial charge in [-0.05, 0) is 0 Å².